The molecule has 3 nitrogen and oxygen atoms in total. The maximum Gasteiger partial charge on any atom is 0.163 e. The van der Waals surface area contributed by atoms with Crippen molar-refractivity contribution in [3.63, 3.8) is 0 Å². The first-order valence-corrected chi connectivity index (χ1v) is 10.3. The first-order valence-electron chi connectivity index (χ1n) is 8.57. The molecular weight excluding hydrogens is 410 g/mol. The van der Waals surface area contributed by atoms with Crippen molar-refractivity contribution in [2.45, 2.75) is 36.2 Å². The molecule has 2 aromatic carbocycles. The van der Waals surface area contributed by atoms with Gasteiger partial charge < -0.3 is 14.2 Å². The molecule has 0 aliphatic carbocycles. The van der Waals surface area contributed by atoms with E-state index in [1.807, 2.05) is 36.4 Å². The van der Waals surface area contributed by atoms with E-state index in [1.54, 1.807) is 12.1 Å². The Labute approximate surface area is 173 Å². The Bertz CT molecular complexity index is 714. The molecule has 146 valence electrons. The number of halogens is 3. The van der Waals surface area contributed by atoms with Crippen LogP contribution in [-0.2, 0) is 27.4 Å². The topological polar surface area (TPSA) is 27.7 Å². The smallest absolute Gasteiger partial charge is 0.163 e. The molecule has 1 fully saturated rings. The average molecular weight is 431 g/mol. The summed E-state index contributed by atoms with van der Waals surface area (Å²) in [7, 11) is 1.51. The largest absolute Gasteiger partial charge is 0.376 e. The van der Waals surface area contributed by atoms with E-state index in [4.69, 9.17) is 37.4 Å². The highest BCUT2D eigenvalue weighted by molar-refractivity contribution is 8.00. The molecule has 0 aromatic heterocycles. The van der Waals surface area contributed by atoms with Crippen molar-refractivity contribution in [1.29, 1.82) is 0 Å². The second-order valence-corrected chi connectivity index (χ2v) is 8.48. The Morgan fingerprint density at radius 1 is 0.926 bits per heavy atom. The van der Waals surface area contributed by atoms with Gasteiger partial charge in [-0.1, -0.05) is 47.5 Å². The number of alkyl halides is 1. The Balaban J connectivity index is 1.55. The van der Waals surface area contributed by atoms with Crippen LogP contribution in [0.25, 0.3) is 0 Å². The molecule has 0 saturated carbocycles. The van der Waals surface area contributed by atoms with Crippen LogP contribution < -0.4 is 0 Å². The van der Waals surface area contributed by atoms with Gasteiger partial charge in [-0.2, -0.15) is 0 Å². The SMILES string of the molecule is COC1S[C@H](COCc2ccc(Cl)cc2)[C@@H](OCc2ccc(Cl)cc2)[C@H]1F. The summed E-state index contributed by atoms with van der Waals surface area (Å²) in [6.45, 7) is 1.12. The molecule has 1 unspecified atom stereocenters. The molecule has 2 aromatic rings. The van der Waals surface area contributed by atoms with E-state index >= 15 is 0 Å². The Morgan fingerprint density at radius 2 is 1.48 bits per heavy atom. The highest BCUT2D eigenvalue weighted by atomic mass is 35.5. The standard InChI is InChI=1S/C20H21Cl2FO3S/c1-24-20-18(23)19(26-11-14-4-8-16(22)9-5-14)17(27-20)12-25-10-13-2-6-15(21)7-3-13/h2-9,17-20H,10-12H2,1H3/t17-,18-,19-,20?/m1/s1. The maximum atomic E-state index is 14.7. The van der Waals surface area contributed by atoms with Crippen LogP contribution in [0.3, 0.4) is 0 Å². The predicted molar refractivity (Wildman–Crippen MR) is 108 cm³/mol. The first-order chi connectivity index (χ1) is 13.1. The third kappa shape index (κ3) is 5.83. The lowest BCUT2D eigenvalue weighted by Gasteiger charge is -2.21. The van der Waals surface area contributed by atoms with E-state index in [-0.39, 0.29) is 5.25 Å². The Kier molecular flexibility index (Phi) is 7.82. The summed E-state index contributed by atoms with van der Waals surface area (Å²) >= 11 is 13.2. The highest BCUT2D eigenvalue weighted by Crippen LogP contribution is 2.39. The molecule has 0 bridgehead atoms. The number of thioether (sulfide) groups is 1. The van der Waals surface area contributed by atoms with Gasteiger partial charge in [-0.25, -0.2) is 4.39 Å². The summed E-state index contributed by atoms with van der Waals surface area (Å²) in [5, 5.41) is 1.19. The molecule has 1 aliphatic rings. The maximum absolute atomic E-state index is 14.7. The van der Waals surface area contributed by atoms with Crippen molar-refractivity contribution in [1.82, 2.24) is 0 Å². The monoisotopic (exact) mass is 430 g/mol. The predicted octanol–water partition coefficient (Wildman–Crippen LogP) is 5.52. The minimum Gasteiger partial charge on any atom is -0.376 e. The fourth-order valence-electron chi connectivity index (χ4n) is 2.85. The molecule has 0 radical (unpaired) electrons. The molecule has 0 amide bonds. The molecule has 27 heavy (non-hydrogen) atoms. The van der Waals surface area contributed by atoms with Crippen LogP contribution in [0.1, 0.15) is 11.1 Å². The van der Waals surface area contributed by atoms with Gasteiger partial charge in [-0.3, -0.25) is 0 Å². The average Bonchev–Trinajstić information content (AvgIpc) is 2.98. The molecule has 0 N–H and O–H groups in total. The lowest BCUT2D eigenvalue weighted by atomic mass is 10.1. The van der Waals surface area contributed by atoms with E-state index in [0.717, 1.165) is 11.1 Å². The van der Waals surface area contributed by atoms with E-state index in [2.05, 4.69) is 0 Å². The lowest BCUT2D eigenvalue weighted by Crippen LogP contribution is -2.34. The van der Waals surface area contributed by atoms with Crippen LogP contribution in [0.15, 0.2) is 48.5 Å². The number of rotatable bonds is 8. The lowest BCUT2D eigenvalue weighted by molar-refractivity contribution is -0.0447. The summed E-state index contributed by atoms with van der Waals surface area (Å²) in [6.07, 6.45) is -1.81. The molecule has 3 rings (SSSR count). The van der Waals surface area contributed by atoms with Gasteiger partial charge in [-0.05, 0) is 35.4 Å². The van der Waals surface area contributed by atoms with Crippen molar-refractivity contribution in [2.24, 2.45) is 0 Å². The zero-order chi connectivity index (χ0) is 19.2. The van der Waals surface area contributed by atoms with E-state index in [9.17, 15) is 4.39 Å². The van der Waals surface area contributed by atoms with Gasteiger partial charge in [0.2, 0.25) is 0 Å². The van der Waals surface area contributed by atoms with Crippen LogP contribution >= 0.6 is 35.0 Å². The summed E-state index contributed by atoms with van der Waals surface area (Å²) in [5.74, 6) is 0. The number of ether oxygens (including phenoxy) is 3. The normalized spacial score (nSPS) is 25.0. The van der Waals surface area contributed by atoms with Gasteiger partial charge in [-0.15, -0.1) is 11.8 Å². The third-order valence-electron chi connectivity index (χ3n) is 4.30. The summed E-state index contributed by atoms with van der Waals surface area (Å²) in [4.78, 5) is 0. The zero-order valence-corrected chi connectivity index (χ0v) is 17.1. The Hall–Kier alpha value is -0.820. The van der Waals surface area contributed by atoms with Crippen LogP contribution in [0, 0.1) is 0 Å². The number of hydrogen-bond acceptors (Lipinski definition) is 4. The molecule has 1 heterocycles. The molecule has 0 spiro atoms. The van der Waals surface area contributed by atoms with E-state index in [1.165, 1.54) is 18.9 Å². The fourth-order valence-corrected chi connectivity index (χ4v) is 4.42. The van der Waals surface area contributed by atoms with Gasteiger partial charge in [0.05, 0.1) is 25.1 Å². The molecule has 1 aliphatic heterocycles. The van der Waals surface area contributed by atoms with Crippen molar-refractivity contribution < 1.29 is 18.6 Å². The molecule has 1 saturated heterocycles. The highest BCUT2D eigenvalue weighted by Gasteiger charge is 2.45. The van der Waals surface area contributed by atoms with Crippen molar-refractivity contribution >= 4 is 35.0 Å². The quantitative estimate of drug-likeness (QED) is 0.550. The van der Waals surface area contributed by atoms with E-state index < -0.39 is 17.7 Å². The fraction of sp³-hybridized carbons (Fsp3) is 0.400. The number of methoxy groups -OCH3 is 1. The van der Waals surface area contributed by atoms with Crippen LogP contribution in [0.5, 0.6) is 0 Å². The number of benzene rings is 2. The van der Waals surface area contributed by atoms with Crippen LogP contribution in [-0.4, -0.2) is 36.7 Å². The molecule has 4 atom stereocenters. The minimum absolute atomic E-state index is 0.149. The van der Waals surface area contributed by atoms with Gasteiger partial charge in [0.15, 0.2) is 6.17 Å². The zero-order valence-electron chi connectivity index (χ0n) is 14.8. The van der Waals surface area contributed by atoms with Gasteiger partial charge in [0.1, 0.15) is 11.5 Å². The second kappa shape index (κ2) is 10.1. The number of hydrogen-bond donors (Lipinski definition) is 0. The summed E-state index contributed by atoms with van der Waals surface area (Å²) in [5.41, 5.74) is 1.41. The van der Waals surface area contributed by atoms with E-state index in [0.29, 0.717) is 29.9 Å². The summed E-state index contributed by atoms with van der Waals surface area (Å²) < 4.78 is 31.6. The van der Waals surface area contributed by atoms with Crippen molar-refractivity contribution in [3.05, 3.63) is 69.7 Å². The summed E-state index contributed by atoms with van der Waals surface area (Å²) in [6, 6.07) is 14.8. The minimum atomic E-state index is -1.21. The van der Waals surface area contributed by atoms with Gasteiger partial charge >= 0.3 is 0 Å². The van der Waals surface area contributed by atoms with Crippen LogP contribution in [0.4, 0.5) is 4.39 Å². The molecular formula is C20H21Cl2FO3S. The van der Waals surface area contributed by atoms with Gasteiger partial charge in [0, 0.05) is 17.2 Å². The second-order valence-electron chi connectivity index (χ2n) is 6.27. The van der Waals surface area contributed by atoms with Crippen LogP contribution in [0.2, 0.25) is 10.0 Å². The van der Waals surface area contributed by atoms with Crippen molar-refractivity contribution in [2.75, 3.05) is 13.7 Å². The molecule has 7 heteroatoms. The van der Waals surface area contributed by atoms with Crippen molar-refractivity contribution in [3.8, 4) is 0 Å². The Morgan fingerprint density at radius 3 is 2.04 bits per heavy atom. The van der Waals surface area contributed by atoms with Gasteiger partial charge in [0.25, 0.3) is 0 Å². The third-order valence-corrected chi connectivity index (χ3v) is 6.28. The first kappa shape index (κ1) is 20.9.